The smallest absolute Gasteiger partial charge is 0.262 e. The highest BCUT2D eigenvalue weighted by Crippen LogP contribution is 2.38. The fourth-order valence-corrected chi connectivity index (χ4v) is 2.13. The lowest BCUT2D eigenvalue weighted by Gasteiger charge is -2.39. The average Bonchev–Trinajstić information content (AvgIpc) is 1.97. The highest BCUT2D eigenvalue weighted by Gasteiger charge is 2.36. The van der Waals surface area contributed by atoms with Gasteiger partial charge in [0.15, 0.2) is 0 Å². The van der Waals surface area contributed by atoms with Gasteiger partial charge in [0.05, 0.1) is 0 Å². The van der Waals surface area contributed by atoms with Crippen LogP contribution in [-0.4, -0.2) is 24.5 Å². The van der Waals surface area contributed by atoms with E-state index in [0.29, 0.717) is 0 Å². The molecule has 1 aliphatic rings. The molecule has 0 fully saturated rings. The fourth-order valence-electron chi connectivity index (χ4n) is 2.13. The quantitative estimate of drug-likeness (QED) is 0.685. The average molecular weight is 224 g/mol. The molecular weight excluding hydrogens is 200 g/mol. The SMILES string of the molecule is CN1CC(C(C)(C)C)=C(C(C)(C)C)C(=O)N1. The second kappa shape index (κ2) is 3.88. The Morgan fingerprint density at radius 3 is 1.94 bits per heavy atom. The van der Waals surface area contributed by atoms with Crippen LogP contribution in [0, 0.1) is 10.8 Å². The van der Waals surface area contributed by atoms with E-state index in [9.17, 15) is 4.79 Å². The standard InChI is InChI=1S/C13H24N2O/c1-12(2,3)9-8-15(7)14-11(16)10(9)13(4,5)6/h8H2,1-7H3,(H,14,16). The van der Waals surface area contributed by atoms with E-state index in [-0.39, 0.29) is 16.7 Å². The van der Waals surface area contributed by atoms with Crippen LogP contribution in [0.3, 0.4) is 0 Å². The van der Waals surface area contributed by atoms with Gasteiger partial charge in [-0.2, -0.15) is 0 Å². The zero-order valence-corrected chi connectivity index (χ0v) is 11.6. The van der Waals surface area contributed by atoms with Crippen molar-refractivity contribution in [2.75, 3.05) is 13.6 Å². The Balaban J connectivity index is 3.34. The number of likely N-dealkylation sites (N-methyl/N-ethyl adjacent to an activating group) is 1. The van der Waals surface area contributed by atoms with Gasteiger partial charge in [0.25, 0.3) is 5.91 Å². The number of rotatable bonds is 0. The molecule has 0 radical (unpaired) electrons. The first kappa shape index (κ1) is 13.2. The van der Waals surface area contributed by atoms with E-state index >= 15 is 0 Å². The molecule has 0 aromatic rings. The van der Waals surface area contributed by atoms with Crippen LogP contribution >= 0.6 is 0 Å². The number of hydrazine groups is 1. The molecule has 1 heterocycles. The molecule has 0 saturated heterocycles. The minimum Gasteiger partial charge on any atom is -0.285 e. The van der Waals surface area contributed by atoms with Crippen LogP contribution in [0.2, 0.25) is 0 Å². The predicted molar refractivity (Wildman–Crippen MR) is 66.7 cm³/mol. The maximum Gasteiger partial charge on any atom is 0.262 e. The first-order valence-corrected chi connectivity index (χ1v) is 5.79. The molecule has 0 aromatic carbocycles. The summed E-state index contributed by atoms with van der Waals surface area (Å²) in [6, 6.07) is 0. The van der Waals surface area contributed by atoms with E-state index in [1.54, 1.807) is 0 Å². The van der Waals surface area contributed by atoms with Crippen molar-refractivity contribution in [1.29, 1.82) is 0 Å². The number of carbonyl (C=O) groups is 1. The third kappa shape index (κ3) is 2.64. The Morgan fingerprint density at radius 2 is 1.56 bits per heavy atom. The van der Waals surface area contributed by atoms with E-state index in [2.05, 4.69) is 47.0 Å². The number of hydrogen-bond donors (Lipinski definition) is 1. The van der Waals surface area contributed by atoms with Crippen LogP contribution in [0.15, 0.2) is 11.1 Å². The molecule has 0 saturated carbocycles. The molecular formula is C13H24N2O. The van der Waals surface area contributed by atoms with E-state index in [4.69, 9.17) is 0 Å². The molecule has 0 aromatic heterocycles. The summed E-state index contributed by atoms with van der Waals surface area (Å²) in [5.74, 6) is 0.0474. The zero-order chi connectivity index (χ0) is 12.7. The molecule has 0 unspecified atom stereocenters. The van der Waals surface area contributed by atoms with Crippen molar-refractivity contribution < 1.29 is 4.79 Å². The lowest BCUT2D eigenvalue weighted by molar-refractivity contribution is -0.123. The normalized spacial score (nSPS) is 20.1. The predicted octanol–water partition coefficient (Wildman–Crippen LogP) is 2.35. The monoisotopic (exact) mass is 224 g/mol. The van der Waals surface area contributed by atoms with Gasteiger partial charge in [-0.05, 0) is 16.4 Å². The van der Waals surface area contributed by atoms with Crippen molar-refractivity contribution in [3.05, 3.63) is 11.1 Å². The van der Waals surface area contributed by atoms with E-state index < -0.39 is 0 Å². The zero-order valence-electron chi connectivity index (χ0n) is 11.6. The number of hydrogen-bond acceptors (Lipinski definition) is 2. The van der Waals surface area contributed by atoms with Gasteiger partial charge < -0.3 is 0 Å². The van der Waals surface area contributed by atoms with Crippen LogP contribution in [0.1, 0.15) is 41.5 Å². The third-order valence-corrected chi connectivity index (χ3v) is 2.87. The van der Waals surface area contributed by atoms with Crippen molar-refractivity contribution >= 4 is 5.91 Å². The summed E-state index contributed by atoms with van der Waals surface area (Å²) >= 11 is 0. The minimum atomic E-state index is -0.103. The molecule has 1 N–H and O–H groups in total. The van der Waals surface area contributed by atoms with Crippen molar-refractivity contribution in [1.82, 2.24) is 10.4 Å². The Labute approximate surface area is 98.9 Å². The van der Waals surface area contributed by atoms with Crippen molar-refractivity contribution in [3.8, 4) is 0 Å². The van der Waals surface area contributed by atoms with Crippen molar-refractivity contribution in [2.45, 2.75) is 41.5 Å². The summed E-state index contributed by atoms with van der Waals surface area (Å²) < 4.78 is 0. The molecule has 3 heteroatoms. The van der Waals surface area contributed by atoms with Gasteiger partial charge in [0, 0.05) is 19.2 Å². The molecule has 16 heavy (non-hydrogen) atoms. The molecule has 0 aliphatic carbocycles. The van der Waals surface area contributed by atoms with Gasteiger partial charge >= 0.3 is 0 Å². The minimum absolute atomic E-state index is 0.0363. The van der Waals surface area contributed by atoms with Crippen LogP contribution in [0.5, 0.6) is 0 Å². The summed E-state index contributed by atoms with van der Waals surface area (Å²) in [7, 11) is 1.91. The molecule has 0 spiro atoms. The van der Waals surface area contributed by atoms with Crippen LogP contribution in [-0.2, 0) is 4.79 Å². The van der Waals surface area contributed by atoms with Gasteiger partial charge in [-0.15, -0.1) is 0 Å². The van der Waals surface area contributed by atoms with Gasteiger partial charge in [0.2, 0.25) is 0 Å². The van der Waals surface area contributed by atoms with E-state index in [1.165, 1.54) is 5.57 Å². The fraction of sp³-hybridized carbons (Fsp3) is 0.769. The summed E-state index contributed by atoms with van der Waals surface area (Å²) in [4.78, 5) is 12.1. The van der Waals surface area contributed by atoms with Crippen molar-refractivity contribution in [2.24, 2.45) is 10.8 Å². The molecule has 1 amide bonds. The van der Waals surface area contributed by atoms with Crippen LogP contribution < -0.4 is 5.43 Å². The first-order chi connectivity index (χ1) is 7.03. The molecule has 0 atom stereocenters. The lowest BCUT2D eigenvalue weighted by atomic mass is 9.74. The second-order valence-electron chi connectivity index (χ2n) is 6.65. The van der Waals surface area contributed by atoms with Gasteiger partial charge in [-0.3, -0.25) is 10.2 Å². The van der Waals surface area contributed by atoms with Crippen LogP contribution in [0.25, 0.3) is 0 Å². The number of nitrogens with zero attached hydrogens (tertiary/aromatic N) is 1. The highest BCUT2D eigenvalue weighted by molar-refractivity contribution is 5.96. The number of carbonyl (C=O) groups excluding carboxylic acids is 1. The maximum atomic E-state index is 12.1. The maximum absolute atomic E-state index is 12.1. The summed E-state index contributed by atoms with van der Waals surface area (Å²) in [5.41, 5.74) is 4.99. The first-order valence-electron chi connectivity index (χ1n) is 5.79. The number of amides is 1. The van der Waals surface area contributed by atoms with Gasteiger partial charge in [-0.1, -0.05) is 41.5 Å². The molecule has 92 valence electrons. The Hall–Kier alpha value is -0.830. The third-order valence-electron chi connectivity index (χ3n) is 2.87. The Kier molecular flexibility index (Phi) is 3.21. The van der Waals surface area contributed by atoms with E-state index in [1.807, 2.05) is 12.1 Å². The molecule has 1 aliphatic heterocycles. The second-order valence-corrected chi connectivity index (χ2v) is 6.65. The summed E-state index contributed by atoms with van der Waals surface area (Å²) in [6.07, 6.45) is 0. The molecule has 3 nitrogen and oxygen atoms in total. The largest absolute Gasteiger partial charge is 0.285 e. The Morgan fingerprint density at radius 1 is 1.06 bits per heavy atom. The van der Waals surface area contributed by atoms with Gasteiger partial charge in [0.1, 0.15) is 0 Å². The van der Waals surface area contributed by atoms with Crippen LogP contribution in [0.4, 0.5) is 0 Å². The Bertz CT molecular complexity index is 329. The summed E-state index contributed by atoms with van der Waals surface area (Å²) in [5, 5.41) is 1.86. The topological polar surface area (TPSA) is 32.3 Å². The number of nitrogens with one attached hydrogen (secondary N) is 1. The lowest BCUT2D eigenvalue weighted by Crippen LogP contribution is -2.49. The highest BCUT2D eigenvalue weighted by atomic mass is 16.2. The van der Waals surface area contributed by atoms with Crippen molar-refractivity contribution in [3.63, 3.8) is 0 Å². The summed E-state index contributed by atoms with van der Waals surface area (Å²) in [6.45, 7) is 13.6. The molecule has 1 rings (SSSR count). The van der Waals surface area contributed by atoms with Gasteiger partial charge in [-0.25, -0.2) is 5.01 Å². The molecule has 0 bridgehead atoms. The van der Waals surface area contributed by atoms with E-state index in [0.717, 1.165) is 12.1 Å².